The molecule has 39 heavy (non-hydrogen) atoms. The number of fused-ring (bicyclic) bond motifs is 3. The molecule has 0 spiro atoms. The predicted molar refractivity (Wildman–Crippen MR) is 158 cm³/mol. The highest BCUT2D eigenvalue weighted by Crippen LogP contribution is 2.62. The second kappa shape index (κ2) is 11.2. The van der Waals surface area contributed by atoms with Gasteiger partial charge in [0, 0.05) is 29.0 Å². The molecule has 1 heterocycles. The average molecular weight is 536 g/mol. The van der Waals surface area contributed by atoms with Gasteiger partial charge in [-0.05, 0) is 74.0 Å². The zero-order valence-electron chi connectivity index (χ0n) is 24.6. The Morgan fingerprint density at radius 3 is 2.72 bits per heavy atom. The van der Waals surface area contributed by atoms with Crippen molar-refractivity contribution in [3.8, 4) is 5.75 Å². The summed E-state index contributed by atoms with van der Waals surface area (Å²) in [7, 11) is 0. The van der Waals surface area contributed by atoms with Gasteiger partial charge in [-0.2, -0.15) is 0 Å². The van der Waals surface area contributed by atoms with E-state index in [1.807, 2.05) is 31.2 Å². The van der Waals surface area contributed by atoms with Crippen molar-refractivity contribution >= 4 is 30.4 Å². The zero-order chi connectivity index (χ0) is 28.6. The maximum atomic E-state index is 13.3. The third-order valence-corrected chi connectivity index (χ3v) is 10.5. The Labute approximate surface area is 234 Å². The molecule has 212 valence electrons. The number of hydrogen-bond donors (Lipinski definition) is 2. The van der Waals surface area contributed by atoms with Gasteiger partial charge < -0.3 is 24.6 Å². The lowest BCUT2D eigenvalue weighted by atomic mass is 9.47. The molecule has 0 saturated heterocycles. The number of aliphatic hydroxyl groups is 1. The maximum Gasteiger partial charge on any atom is 0.344 e. The molecule has 2 fully saturated rings. The highest BCUT2D eigenvalue weighted by Gasteiger charge is 2.58. The number of carbonyl (C=O) groups excluding carboxylic acids is 2. The number of rotatable bonds is 8. The Kier molecular flexibility index (Phi) is 8.42. The molecule has 2 aliphatic carbocycles. The first-order chi connectivity index (χ1) is 18.3. The first-order valence-corrected chi connectivity index (χ1v) is 14.5. The third-order valence-electron chi connectivity index (χ3n) is 10.5. The fraction of sp³-hybridized carbons (Fsp3) is 0.625. The standard InChI is InChI=1S/C32H46BNO5/c1-8-30(5)18-27(39-28(36)19-38-25-10-9-24-13-16-33(7)34-26(24)17-25)31(6)20-32(14-11-21(31)2,15-12-22(3)35)23(4)29(30)37/h8-10,13,16-17,21,23,27,29,34,37H,1,11-12,14-15,18-20H2,2-7H3/t21-,23+,27-,29+,30-,31+,32-/m1/s1. The molecule has 7 atom stereocenters. The summed E-state index contributed by atoms with van der Waals surface area (Å²) < 4.78 is 12.2. The van der Waals surface area contributed by atoms with Crippen molar-refractivity contribution in [1.29, 1.82) is 0 Å². The van der Waals surface area contributed by atoms with E-state index in [-0.39, 0.29) is 36.0 Å². The number of ketones is 1. The van der Waals surface area contributed by atoms with E-state index in [9.17, 15) is 14.7 Å². The van der Waals surface area contributed by atoms with Crippen molar-refractivity contribution in [3.05, 3.63) is 42.4 Å². The van der Waals surface area contributed by atoms with Gasteiger partial charge in [0.05, 0.1) is 6.10 Å². The van der Waals surface area contributed by atoms with Crippen molar-refractivity contribution in [2.45, 2.75) is 92.2 Å². The fourth-order valence-electron chi connectivity index (χ4n) is 7.35. The summed E-state index contributed by atoms with van der Waals surface area (Å²) in [6.45, 7) is 16.5. The predicted octanol–water partition coefficient (Wildman–Crippen LogP) is 6.35. The summed E-state index contributed by atoms with van der Waals surface area (Å²) in [5.74, 6) is 2.77. The van der Waals surface area contributed by atoms with Crippen LogP contribution >= 0.6 is 0 Å². The topological polar surface area (TPSA) is 84.9 Å². The lowest BCUT2D eigenvalue weighted by Crippen LogP contribution is -2.58. The van der Waals surface area contributed by atoms with Gasteiger partial charge in [0.15, 0.2) is 6.61 Å². The quantitative estimate of drug-likeness (QED) is 0.229. The molecule has 1 aliphatic heterocycles. The van der Waals surface area contributed by atoms with Crippen LogP contribution in [0.2, 0.25) is 6.82 Å². The van der Waals surface area contributed by atoms with Gasteiger partial charge in [-0.15, -0.1) is 6.58 Å². The average Bonchev–Trinajstić information content (AvgIpc) is 2.90. The van der Waals surface area contributed by atoms with Crippen LogP contribution in [0.4, 0.5) is 5.69 Å². The van der Waals surface area contributed by atoms with E-state index in [1.165, 1.54) is 0 Å². The molecule has 0 radical (unpaired) electrons. The molecular weight excluding hydrogens is 489 g/mol. The number of esters is 1. The molecule has 3 aliphatic rings. The van der Waals surface area contributed by atoms with Gasteiger partial charge in [0.1, 0.15) is 17.6 Å². The Morgan fingerprint density at radius 2 is 2.03 bits per heavy atom. The molecule has 4 rings (SSSR count). The number of anilines is 1. The minimum atomic E-state index is -0.656. The van der Waals surface area contributed by atoms with Gasteiger partial charge in [-0.1, -0.05) is 52.6 Å². The SMILES string of the molecule is C=C[C@]1(C)C[C@@H](OC(=O)COc2ccc3c(c2)NB(C)C=C3)[C@@]2(C)C[C@](CCC(C)=O)(CC[C@H]2C)[C@@H](C)[C@@H]1O. The third kappa shape index (κ3) is 5.84. The Hall–Kier alpha value is -2.54. The lowest BCUT2D eigenvalue weighted by molar-refractivity contribution is -0.190. The molecule has 2 bridgehead atoms. The van der Waals surface area contributed by atoms with Crippen molar-refractivity contribution in [2.75, 3.05) is 11.8 Å². The monoisotopic (exact) mass is 535 g/mol. The summed E-state index contributed by atoms with van der Waals surface area (Å²) in [6.07, 6.45) is 7.29. The lowest BCUT2D eigenvalue weighted by Gasteiger charge is -2.60. The van der Waals surface area contributed by atoms with Crippen LogP contribution < -0.4 is 9.96 Å². The summed E-state index contributed by atoms with van der Waals surface area (Å²) in [4.78, 5) is 25.3. The number of aliphatic hydroxyl groups excluding tert-OH is 1. The van der Waals surface area contributed by atoms with E-state index in [1.54, 1.807) is 6.92 Å². The van der Waals surface area contributed by atoms with E-state index in [0.29, 0.717) is 24.5 Å². The maximum absolute atomic E-state index is 13.3. The van der Waals surface area contributed by atoms with E-state index in [0.717, 1.165) is 36.9 Å². The van der Waals surface area contributed by atoms with Crippen LogP contribution in [0, 0.1) is 28.1 Å². The Balaban J connectivity index is 1.56. The number of carbonyl (C=O) groups is 2. The Morgan fingerprint density at radius 1 is 1.28 bits per heavy atom. The van der Waals surface area contributed by atoms with Crippen LogP contribution in [0.3, 0.4) is 0 Å². The smallest absolute Gasteiger partial charge is 0.344 e. The van der Waals surface area contributed by atoms with Crippen molar-refractivity contribution in [2.24, 2.45) is 28.1 Å². The summed E-state index contributed by atoms with van der Waals surface area (Å²) in [5.41, 5.74) is 0.911. The summed E-state index contributed by atoms with van der Waals surface area (Å²) >= 11 is 0. The van der Waals surface area contributed by atoms with Crippen LogP contribution in [-0.2, 0) is 14.3 Å². The van der Waals surface area contributed by atoms with Crippen molar-refractivity contribution in [3.63, 3.8) is 0 Å². The van der Waals surface area contributed by atoms with E-state index >= 15 is 0 Å². The van der Waals surface area contributed by atoms with Crippen molar-refractivity contribution in [1.82, 2.24) is 0 Å². The number of ether oxygens (including phenoxy) is 2. The summed E-state index contributed by atoms with van der Waals surface area (Å²) in [6, 6.07) is 5.76. The number of Topliss-reactive ketones (excluding diaryl/α,β-unsaturated/α-hetero) is 1. The first-order valence-electron chi connectivity index (χ1n) is 14.5. The number of nitrogens with one attached hydrogen (secondary N) is 1. The molecule has 0 unspecified atom stereocenters. The molecule has 7 heteroatoms. The zero-order valence-corrected chi connectivity index (χ0v) is 24.6. The molecule has 0 aromatic heterocycles. The van der Waals surface area contributed by atoms with Crippen molar-refractivity contribution < 1.29 is 24.2 Å². The minimum Gasteiger partial charge on any atom is -0.482 e. The molecule has 0 amide bonds. The number of benzene rings is 1. The van der Waals surface area contributed by atoms with Gasteiger partial charge in [-0.3, -0.25) is 0 Å². The van der Waals surface area contributed by atoms with Crippen LogP contribution in [0.25, 0.3) is 6.08 Å². The van der Waals surface area contributed by atoms with E-state index in [4.69, 9.17) is 9.47 Å². The Bertz CT molecular complexity index is 1140. The van der Waals surface area contributed by atoms with E-state index < -0.39 is 23.6 Å². The molecule has 1 aromatic rings. The first kappa shape index (κ1) is 29.4. The molecule has 2 saturated carbocycles. The van der Waals surface area contributed by atoms with Gasteiger partial charge in [0.25, 0.3) is 6.85 Å². The van der Waals surface area contributed by atoms with E-state index in [2.05, 4.69) is 51.5 Å². The number of hydrogen-bond acceptors (Lipinski definition) is 6. The summed E-state index contributed by atoms with van der Waals surface area (Å²) in [5, 5.41) is 15.1. The second-order valence-electron chi connectivity index (χ2n) is 13.1. The van der Waals surface area contributed by atoms with Gasteiger partial charge in [0.2, 0.25) is 0 Å². The van der Waals surface area contributed by atoms with Crippen LogP contribution in [-0.4, -0.2) is 42.5 Å². The molecule has 1 aromatic carbocycles. The van der Waals surface area contributed by atoms with Gasteiger partial charge in [-0.25, -0.2) is 4.79 Å². The van der Waals surface area contributed by atoms with Gasteiger partial charge >= 0.3 is 5.97 Å². The largest absolute Gasteiger partial charge is 0.482 e. The van der Waals surface area contributed by atoms with Crippen LogP contribution in [0.5, 0.6) is 5.75 Å². The fourth-order valence-corrected chi connectivity index (χ4v) is 7.35. The molecule has 2 N–H and O–H groups in total. The van der Waals surface area contributed by atoms with Crippen LogP contribution in [0.1, 0.15) is 78.7 Å². The second-order valence-corrected chi connectivity index (χ2v) is 13.1. The highest BCUT2D eigenvalue weighted by molar-refractivity contribution is 6.67. The molecule has 6 nitrogen and oxygen atoms in total. The van der Waals surface area contributed by atoms with Crippen LogP contribution in [0.15, 0.2) is 36.8 Å². The highest BCUT2D eigenvalue weighted by atomic mass is 16.6. The molecular formula is C32H46BNO5. The minimum absolute atomic E-state index is 0.0122. The normalized spacial score (nSPS) is 35.6.